The lowest BCUT2D eigenvalue weighted by atomic mass is 10.1. The minimum atomic E-state index is -0.282. The molecule has 0 aliphatic carbocycles. The smallest absolute Gasteiger partial charge is 0.257 e. The van der Waals surface area contributed by atoms with E-state index in [2.05, 4.69) is 27.8 Å². The molecular weight excluding hydrogens is 272 g/mol. The number of nitrogens with two attached hydrogens (primary N) is 1. The number of carbonyl (C=O) groups excluding carboxylic acids is 1. The molecule has 4 nitrogen and oxygen atoms in total. The lowest BCUT2D eigenvalue weighted by Crippen LogP contribution is -2.25. The lowest BCUT2D eigenvalue weighted by molar-refractivity contribution is 0.0955. The molecule has 1 rings (SSSR count). The number of halogens is 1. The summed E-state index contributed by atoms with van der Waals surface area (Å²) in [5.74, 6) is 0.174. The summed E-state index contributed by atoms with van der Waals surface area (Å²) in [6.45, 7) is 3.97. The van der Waals surface area contributed by atoms with Gasteiger partial charge in [-0.05, 0) is 12.1 Å². The molecule has 16 heavy (non-hydrogen) atoms. The van der Waals surface area contributed by atoms with E-state index < -0.39 is 0 Å². The molecule has 0 saturated heterocycles. The first-order valence-corrected chi connectivity index (χ1v) is 5.39. The molecule has 1 amide bonds. The van der Waals surface area contributed by atoms with E-state index in [1.54, 1.807) is 18.2 Å². The second-order valence-corrected chi connectivity index (χ2v) is 4.25. The molecule has 0 aliphatic rings. The summed E-state index contributed by atoms with van der Waals surface area (Å²) in [7, 11) is 1.50. The Morgan fingerprint density at radius 1 is 1.62 bits per heavy atom. The molecule has 0 aliphatic heterocycles. The molecule has 0 heterocycles. The first-order valence-electron chi connectivity index (χ1n) is 4.60. The van der Waals surface area contributed by atoms with Crippen LogP contribution in [0.25, 0.3) is 0 Å². The molecule has 0 unspecified atom stereocenters. The summed E-state index contributed by atoms with van der Waals surface area (Å²) in [5.41, 5.74) is 6.46. The van der Waals surface area contributed by atoms with Gasteiger partial charge in [-0.15, -0.1) is 0 Å². The number of hydrogen-bond donors (Lipinski definition) is 2. The van der Waals surface area contributed by atoms with Crippen molar-refractivity contribution in [1.82, 2.24) is 5.32 Å². The molecule has 86 valence electrons. The minimum absolute atomic E-state index is 0.282. The van der Waals surface area contributed by atoms with Gasteiger partial charge in [0.25, 0.3) is 5.91 Å². The van der Waals surface area contributed by atoms with Crippen molar-refractivity contribution < 1.29 is 9.53 Å². The predicted molar refractivity (Wildman–Crippen MR) is 67.8 cm³/mol. The molecule has 0 aromatic heterocycles. The average Bonchev–Trinajstić information content (AvgIpc) is 2.25. The van der Waals surface area contributed by atoms with Crippen LogP contribution in [0.5, 0.6) is 5.75 Å². The Labute approximate surface area is 103 Å². The van der Waals surface area contributed by atoms with Gasteiger partial charge in [0.15, 0.2) is 0 Å². The monoisotopic (exact) mass is 284 g/mol. The van der Waals surface area contributed by atoms with E-state index in [0.29, 0.717) is 28.0 Å². The molecule has 5 heteroatoms. The van der Waals surface area contributed by atoms with Crippen molar-refractivity contribution in [3.05, 3.63) is 34.8 Å². The Morgan fingerprint density at radius 3 is 2.88 bits per heavy atom. The van der Waals surface area contributed by atoms with Gasteiger partial charge in [-0.1, -0.05) is 28.6 Å². The molecule has 1 aromatic carbocycles. The molecule has 0 fully saturated rings. The lowest BCUT2D eigenvalue weighted by Gasteiger charge is -2.11. The Hall–Kier alpha value is -1.49. The second kappa shape index (κ2) is 5.55. The summed E-state index contributed by atoms with van der Waals surface area (Å²) < 4.78 is 5.77. The minimum Gasteiger partial charge on any atom is -0.496 e. The first-order chi connectivity index (χ1) is 7.56. The Balaban J connectivity index is 2.93. The van der Waals surface area contributed by atoms with E-state index in [9.17, 15) is 4.79 Å². The van der Waals surface area contributed by atoms with Crippen molar-refractivity contribution in [3.63, 3.8) is 0 Å². The summed E-state index contributed by atoms with van der Waals surface area (Å²) in [6.07, 6.45) is 0. The molecule has 1 aromatic rings. The van der Waals surface area contributed by atoms with Gasteiger partial charge in [-0.25, -0.2) is 0 Å². The summed E-state index contributed by atoms with van der Waals surface area (Å²) in [4.78, 5) is 11.8. The van der Waals surface area contributed by atoms with Crippen LogP contribution in [0, 0.1) is 0 Å². The van der Waals surface area contributed by atoms with E-state index in [4.69, 9.17) is 10.5 Å². The van der Waals surface area contributed by atoms with Crippen molar-refractivity contribution in [1.29, 1.82) is 0 Å². The number of nitrogen functional groups attached to an aromatic ring is 1. The molecule has 0 bridgehead atoms. The third-order valence-electron chi connectivity index (χ3n) is 1.95. The van der Waals surface area contributed by atoms with Gasteiger partial charge in [0, 0.05) is 16.7 Å². The first kappa shape index (κ1) is 12.6. The van der Waals surface area contributed by atoms with Gasteiger partial charge in [0.05, 0.1) is 7.11 Å². The number of amides is 1. The van der Waals surface area contributed by atoms with Gasteiger partial charge in [-0.3, -0.25) is 4.79 Å². The topological polar surface area (TPSA) is 64.4 Å². The summed E-state index contributed by atoms with van der Waals surface area (Å²) >= 11 is 3.16. The van der Waals surface area contributed by atoms with Crippen molar-refractivity contribution in [3.8, 4) is 5.75 Å². The number of benzene rings is 1. The molecule has 0 radical (unpaired) electrons. The average molecular weight is 285 g/mol. The highest BCUT2D eigenvalue weighted by atomic mass is 79.9. The van der Waals surface area contributed by atoms with Gasteiger partial charge in [-0.2, -0.15) is 0 Å². The summed E-state index contributed by atoms with van der Waals surface area (Å²) in [6, 6.07) is 5.07. The van der Waals surface area contributed by atoms with Crippen LogP contribution < -0.4 is 15.8 Å². The Bertz CT molecular complexity index is 418. The largest absolute Gasteiger partial charge is 0.496 e. The number of nitrogens with one attached hydrogen (secondary N) is 1. The fourth-order valence-electron chi connectivity index (χ4n) is 1.23. The predicted octanol–water partition coefficient (Wildman–Crippen LogP) is 1.92. The number of anilines is 1. The second-order valence-electron chi connectivity index (χ2n) is 3.12. The Kier molecular flexibility index (Phi) is 4.37. The van der Waals surface area contributed by atoms with E-state index in [1.807, 2.05) is 0 Å². The van der Waals surface area contributed by atoms with E-state index in [-0.39, 0.29) is 5.91 Å². The maximum atomic E-state index is 11.8. The quantitative estimate of drug-likeness (QED) is 0.831. The molecule has 0 spiro atoms. The van der Waals surface area contributed by atoms with Crippen LogP contribution in [0.1, 0.15) is 10.4 Å². The standard InChI is InChI=1S/C11H13BrN2O2/c1-7(12)6-14-11(15)10-8(13)4-3-5-9(10)16-2/h3-5H,1,6,13H2,2H3,(H,14,15). The number of hydrogen-bond acceptors (Lipinski definition) is 3. The van der Waals surface area contributed by atoms with Crippen LogP contribution in [-0.4, -0.2) is 19.6 Å². The highest BCUT2D eigenvalue weighted by Crippen LogP contribution is 2.23. The van der Waals surface area contributed by atoms with E-state index in [1.165, 1.54) is 7.11 Å². The van der Waals surface area contributed by atoms with Crippen LogP contribution in [0.2, 0.25) is 0 Å². The van der Waals surface area contributed by atoms with Crippen LogP contribution in [0.15, 0.2) is 29.3 Å². The van der Waals surface area contributed by atoms with Crippen molar-refractivity contribution in [2.45, 2.75) is 0 Å². The third-order valence-corrected chi connectivity index (χ3v) is 2.23. The van der Waals surface area contributed by atoms with Crippen LogP contribution in [0.3, 0.4) is 0 Å². The SMILES string of the molecule is C=C(Br)CNC(=O)c1c(N)cccc1OC. The van der Waals surface area contributed by atoms with Crippen LogP contribution in [-0.2, 0) is 0 Å². The van der Waals surface area contributed by atoms with Gasteiger partial charge in [0.2, 0.25) is 0 Å². The highest BCUT2D eigenvalue weighted by molar-refractivity contribution is 9.11. The number of carbonyl (C=O) groups is 1. The highest BCUT2D eigenvalue weighted by Gasteiger charge is 2.14. The number of methoxy groups -OCH3 is 1. The van der Waals surface area contributed by atoms with Crippen LogP contribution >= 0.6 is 15.9 Å². The fraction of sp³-hybridized carbons (Fsp3) is 0.182. The van der Waals surface area contributed by atoms with Crippen molar-refractivity contribution >= 4 is 27.5 Å². The number of rotatable bonds is 4. The zero-order valence-electron chi connectivity index (χ0n) is 8.92. The van der Waals surface area contributed by atoms with Crippen LogP contribution in [0.4, 0.5) is 5.69 Å². The fourth-order valence-corrected chi connectivity index (χ4v) is 1.37. The maximum absolute atomic E-state index is 11.8. The van der Waals surface area contributed by atoms with Crippen molar-refractivity contribution in [2.24, 2.45) is 0 Å². The molecule has 0 saturated carbocycles. The zero-order chi connectivity index (χ0) is 12.1. The van der Waals surface area contributed by atoms with Gasteiger partial charge in [0.1, 0.15) is 11.3 Å². The maximum Gasteiger partial charge on any atom is 0.257 e. The van der Waals surface area contributed by atoms with Gasteiger partial charge >= 0.3 is 0 Å². The van der Waals surface area contributed by atoms with Gasteiger partial charge < -0.3 is 15.8 Å². The number of ether oxygens (including phenoxy) is 1. The summed E-state index contributed by atoms with van der Waals surface area (Å²) in [5, 5.41) is 2.67. The molecular formula is C11H13BrN2O2. The zero-order valence-corrected chi connectivity index (χ0v) is 10.5. The van der Waals surface area contributed by atoms with E-state index in [0.717, 1.165) is 0 Å². The van der Waals surface area contributed by atoms with E-state index >= 15 is 0 Å². The molecule has 0 atom stereocenters. The Morgan fingerprint density at radius 2 is 2.31 bits per heavy atom. The third kappa shape index (κ3) is 3.00. The van der Waals surface area contributed by atoms with Crippen molar-refractivity contribution in [2.75, 3.05) is 19.4 Å². The molecule has 3 N–H and O–H groups in total. The normalized spacial score (nSPS) is 9.62.